The summed E-state index contributed by atoms with van der Waals surface area (Å²) < 4.78 is 12.5. The summed E-state index contributed by atoms with van der Waals surface area (Å²) in [4.78, 5) is 3.89. The van der Waals surface area contributed by atoms with Crippen molar-refractivity contribution in [3.63, 3.8) is 0 Å². The van der Waals surface area contributed by atoms with Crippen LogP contribution in [0.3, 0.4) is 0 Å². The summed E-state index contributed by atoms with van der Waals surface area (Å²) >= 11 is 0. The van der Waals surface area contributed by atoms with Crippen molar-refractivity contribution in [3.8, 4) is 0 Å². The smallest absolute Gasteiger partial charge is 0.141 e. The molecule has 0 radical (unpaired) electrons. The molecule has 0 spiro atoms. The summed E-state index contributed by atoms with van der Waals surface area (Å²) in [5.41, 5.74) is 0. The van der Waals surface area contributed by atoms with Crippen molar-refractivity contribution < 1.29 is 9.50 Å². The summed E-state index contributed by atoms with van der Waals surface area (Å²) in [6.07, 6.45) is 5.26. The maximum absolute atomic E-state index is 12.5. The van der Waals surface area contributed by atoms with Crippen molar-refractivity contribution in [1.29, 1.82) is 0 Å². The van der Waals surface area contributed by atoms with Gasteiger partial charge in [-0.2, -0.15) is 0 Å². The Bertz CT molecular complexity index is 264. The normalized spacial score (nSPS) is 10.3. The number of anilines is 1. The molecule has 1 heterocycles. The van der Waals surface area contributed by atoms with Crippen molar-refractivity contribution >= 4 is 5.82 Å². The second-order valence-corrected chi connectivity index (χ2v) is 3.43. The third kappa shape index (κ3) is 5.32. The highest BCUT2D eigenvalue weighted by Gasteiger charge is 1.94. The summed E-state index contributed by atoms with van der Waals surface area (Å²) in [6, 6.07) is 3.02. The molecular weight excluding hydrogens is 195 g/mol. The second-order valence-electron chi connectivity index (χ2n) is 3.43. The maximum atomic E-state index is 12.5. The Morgan fingerprint density at radius 3 is 2.67 bits per heavy atom. The van der Waals surface area contributed by atoms with Gasteiger partial charge in [-0.1, -0.05) is 12.8 Å². The number of aliphatic hydroxyl groups excluding tert-OH is 1. The zero-order chi connectivity index (χ0) is 10.9. The Hall–Kier alpha value is -1.16. The minimum Gasteiger partial charge on any atom is -0.396 e. The van der Waals surface area contributed by atoms with Crippen LogP contribution >= 0.6 is 0 Å². The van der Waals surface area contributed by atoms with Gasteiger partial charge >= 0.3 is 0 Å². The van der Waals surface area contributed by atoms with Gasteiger partial charge < -0.3 is 10.4 Å². The van der Waals surface area contributed by atoms with Crippen LogP contribution in [-0.2, 0) is 0 Å². The molecule has 0 aliphatic rings. The maximum Gasteiger partial charge on any atom is 0.141 e. The Balaban J connectivity index is 2.07. The lowest BCUT2D eigenvalue weighted by Gasteiger charge is -2.04. The van der Waals surface area contributed by atoms with Crippen LogP contribution in [-0.4, -0.2) is 23.2 Å². The quantitative estimate of drug-likeness (QED) is 0.681. The average Bonchev–Trinajstić information content (AvgIpc) is 2.26. The molecule has 4 heteroatoms. The van der Waals surface area contributed by atoms with Gasteiger partial charge in [-0.15, -0.1) is 0 Å². The van der Waals surface area contributed by atoms with E-state index in [-0.39, 0.29) is 12.4 Å². The van der Waals surface area contributed by atoms with Gasteiger partial charge in [0.15, 0.2) is 0 Å². The molecule has 0 aliphatic heterocycles. The minimum atomic E-state index is -0.316. The zero-order valence-corrected chi connectivity index (χ0v) is 8.75. The van der Waals surface area contributed by atoms with E-state index in [1.54, 1.807) is 6.07 Å². The first-order valence-corrected chi connectivity index (χ1v) is 5.29. The monoisotopic (exact) mass is 212 g/mol. The van der Waals surface area contributed by atoms with Gasteiger partial charge in [0.05, 0.1) is 6.20 Å². The van der Waals surface area contributed by atoms with Crippen LogP contribution in [0, 0.1) is 5.82 Å². The van der Waals surface area contributed by atoms with Gasteiger partial charge in [-0.05, 0) is 25.0 Å². The standard InChI is InChI=1S/C11H17FN2O/c12-10-5-6-11(14-9-10)13-7-3-1-2-4-8-15/h5-6,9,15H,1-4,7-8H2,(H,13,14). The van der Waals surface area contributed by atoms with E-state index >= 15 is 0 Å². The minimum absolute atomic E-state index is 0.271. The molecule has 1 aromatic rings. The van der Waals surface area contributed by atoms with E-state index in [0.29, 0.717) is 5.82 Å². The van der Waals surface area contributed by atoms with Gasteiger partial charge in [-0.3, -0.25) is 0 Å². The van der Waals surface area contributed by atoms with Crippen LogP contribution in [0.25, 0.3) is 0 Å². The topological polar surface area (TPSA) is 45.1 Å². The molecule has 0 atom stereocenters. The van der Waals surface area contributed by atoms with Crippen LogP contribution in [0.2, 0.25) is 0 Å². The van der Waals surface area contributed by atoms with E-state index in [2.05, 4.69) is 10.3 Å². The molecule has 1 aromatic heterocycles. The summed E-state index contributed by atoms with van der Waals surface area (Å²) in [5.74, 6) is 0.391. The van der Waals surface area contributed by atoms with E-state index in [4.69, 9.17) is 5.11 Å². The highest BCUT2D eigenvalue weighted by molar-refractivity contribution is 5.33. The average molecular weight is 212 g/mol. The third-order valence-electron chi connectivity index (χ3n) is 2.12. The second kappa shape index (κ2) is 7.17. The van der Waals surface area contributed by atoms with Crippen LogP contribution in [0.1, 0.15) is 25.7 Å². The molecule has 0 aliphatic carbocycles. The molecule has 0 saturated carbocycles. The number of rotatable bonds is 7. The first kappa shape index (κ1) is 11.9. The molecule has 3 nitrogen and oxygen atoms in total. The summed E-state index contributed by atoms with van der Waals surface area (Å²) in [5, 5.41) is 11.7. The molecule has 15 heavy (non-hydrogen) atoms. The lowest BCUT2D eigenvalue weighted by atomic mass is 10.2. The fourth-order valence-corrected chi connectivity index (χ4v) is 1.29. The fourth-order valence-electron chi connectivity index (χ4n) is 1.29. The molecule has 0 unspecified atom stereocenters. The fraction of sp³-hybridized carbons (Fsp3) is 0.545. The summed E-state index contributed by atoms with van der Waals surface area (Å²) in [6.45, 7) is 1.11. The van der Waals surface area contributed by atoms with Gasteiger partial charge in [0.2, 0.25) is 0 Å². The zero-order valence-electron chi connectivity index (χ0n) is 8.75. The Kier molecular flexibility index (Phi) is 5.70. The van der Waals surface area contributed by atoms with Gasteiger partial charge in [0, 0.05) is 13.2 Å². The number of unbranched alkanes of at least 4 members (excludes halogenated alkanes) is 3. The van der Waals surface area contributed by atoms with E-state index in [1.807, 2.05) is 0 Å². The van der Waals surface area contributed by atoms with Crippen LogP contribution in [0.5, 0.6) is 0 Å². The molecule has 84 valence electrons. The number of hydrogen-bond acceptors (Lipinski definition) is 3. The Morgan fingerprint density at radius 1 is 1.20 bits per heavy atom. The first-order chi connectivity index (χ1) is 7.33. The number of aromatic nitrogens is 1. The number of halogens is 1. The number of nitrogens with zero attached hydrogens (tertiary/aromatic N) is 1. The predicted octanol–water partition coefficient (Wildman–Crippen LogP) is 2.19. The number of hydrogen-bond donors (Lipinski definition) is 2. The third-order valence-corrected chi connectivity index (χ3v) is 2.12. The molecule has 0 aromatic carbocycles. The van der Waals surface area contributed by atoms with Crippen molar-refractivity contribution in [1.82, 2.24) is 4.98 Å². The lowest BCUT2D eigenvalue weighted by molar-refractivity contribution is 0.283. The van der Waals surface area contributed by atoms with Crippen molar-refractivity contribution in [3.05, 3.63) is 24.1 Å². The lowest BCUT2D eigenvalue weighted by Crippen LogP contribution is -2.03. The van der Waals surface area contributed by atoms with Crippen molar-refractivity contribution in [2.24, 2.45) is 0 Å². The van der Waals surface area contributed by atoms with Crippen LogP contribution < -0.4 is 5.32 Å². The largest absolute Gasteiger partial charge is 0.396 e. The molecule has 1 rings (SSSR count). The van der Waals surface area contributed by atoms with Gasteiger partial charge in [0.25, 0.3) is 0 Å². The molecule has 0 fully saturated rings. The van der Waals surface area contributed by atoms with Crippen molar-refractivity contribution in [2.45, 2.75) is 25.7 Å². The molecular formula is C11H17FN2O. The van der Waals surface area contributed by atoms with E-state index < -0.39 is 0 Å². The number of pyridine rings is 1. The SMILES string of the molecule is OCCCCCCNc1ccc(F)cn1. The molecule has 2 N–H and O–H groups in total. The van der Waals surface area contributed by atoms with E-state index in [1.165, 1.54) is 12.3 Å². The Morgan fingerprint density at radius 2 is 2.00 bits per heavy atom. The van der Waals surface area contributed by atoms with Crippen LogP contribution in [0.15, 0.2) is 18.3 Å². The molecule has 0 saturated heterocycles. The van der Waals surface area contributed by atoms with Gasteiger partial charge in [-0.25, -0.2) is 9.37 Å². The molecule has 0 bridgehead atoms. The number of aliphatic hydroxyl groups is 1. The first-order valence-electron chi connectivity index (χ1n) is 5.29. The molecule has 0 amide bonds. The van der Waals surface area contributed by atoms with Crippen molar-refractivity contribution in [2.75, 3.05) is 18.5 Å². The predicted molar refractivity (Wildman–Crippen MR) is 58.2 cm³/mol. The van der Waals surface area contributed by atoms with Crippen LogP contribution in [0.4, 0.5) is 10.2 Å². The Labute approximate surface area is 89.4 Å². The summed E-state index contributed by atoms with van der Waals surface area (Å²) in [7, 11) is 0. The number of nitrogens with one attached hydrogen (secondary N) is 1. The van der Waals surface area contributed by atoms with Gasteiger partial charge in [0.1, 0.15) is 11.6 Å². The van der Waals surface area contributed by atoms with E-state index in [0.717, 1.165) is 32.2 Å². The highest BCUT2D eigenvalue weighted by Crippen LogP contribution is 2.04. The van der Waals surface area contributed by atoms with E-state index in [9.17, 15) is 4.39 Å². The highest BCUT2D eigenvalue weighted by atomic mass is 19.1.